The molecule has 4 rings (SSSR count). The monoisotopic (exact) mass is 294 g/mol. The molecule has 5 nitrogen and oxygen atoms in total. The van der Waals surface area contributed by atoms with Gasteiger partial charge < -0.3 is 14.2 Å². The highest BCUT2D eigenvalue weighted by Gasteiger charge is 2.66. The van der Waals surface area contributed by atoms with Gasteiger partial charge in [-0.15, -0.1) is 0 Å². The zero-order valence-corrected chi connectivity index (χ0v) is 12.6. The molecule has 2 aliphatic heterocycles. The molecule has 2 saturated heterocycles. The van der Waals surface area contributed by atoms with Crippen molar-refractivity contribution in [2.75, 3.05) is 20.8 Å². The van der Waals surface area contributed by atoms with Crippen molar-refractivity contribution >= 4 is 11.9 Å². The van der Waals surface area contributed by atoms with Crippen LogP contribution in [0, 0.1) is 23.2 Å². The van der Waals surface area contributed by atoms with Crippen molar-refractivity contribution in [3.05, 3.63) is 12.2 Å². The number of methoxy groups -OCH3 is 2. The van der Waals surface area contributed by atoms with Crippen LogP contribution in [0.3, 0.4) is 0 Å². The molecule has 0 aromatic heterocycles. The lowest BCUT2D eigenvalue weighted by Gasteiger charge is -2.41. The van der Waals surface area contributed by atoms with E-state index in [0.29, 0.717) is 13.0 Å². The highest BCUT2D eigenvalue weighted by atomic mass is 16.5. The van der Waals surface area contributed by atoms with E-state index in [0.717, 1.165) is 24.8 Å². The molecule has 0 amide bonds. The summed E-state index contributed by atoms with van der Waals surface area (Å²) in [5.41, 5.74) is -0.310. The molecule has 5 heteroatoms. The molecule has 0 spiro atoms. The third-order valence-electron chi connectivity index (χ3n) is 5.58. The number of rotatable bonds is 2. The van der Waals surface area contributed by atoms with Gasteiger partial charge in [0.2, 0.25) is 0 Å². The topological polar surface area (TPSA) is 61.8 Å². The zero-order valence-electron chi connectivity index (χ0n) is 12.6. The van der Waals surface area contributed by atoms with E-state index in [2.05, 4.69) is 6.58 Å². The van der Waals surface area contributed by atoms with Crippen molar-refractivity contribution < 1.29 is 23.8 Å². The first-order valence-electron chi connectivity index (χ1n) is 7.52. The Morgan fingerprint density at radius 3 is 2.48 bits per heavy atom. The van der Waals surface area contributed by atoms with Crippen LogP contribution < -0.4 is 0 Å². The second-order valence-electron chi connectivity index (χ2n) is 6.38. The van der Waals surface area contributed by atoms with E-state index in [4.69, 9.17) is 14.2 Å². The third kappa shape index (κ3) is 1.86. The molecule has 2 saturated carbocycles. The predicted octanol–water partition coefficient (Wildman–Crippen LogP) is 1.71. The molecule has 4 atom stereocenters. The maximum absolute atomic E-state index is 12.5. The Kier molecular flexibility index (Phi) is 3.56. The van der Waals surface area contributed by atoms with Crippen LogP contribution in [0.1, 0.15) is 25.7 Å². The van der Waals surface area contributed by atoms with Gasteiger partial charge in [-0.2, -0.15) is 0 Å². The minimum absolute atomic E-state index is 0.0597. The van der Waals surface area contributed by atoms with Crippen molar-refractivity contribution in [1.82, 2.24) is 0 Å². The van der Waals surface area contributed by atoms with Crippen LogP contribution in [0.25, 0.3) is 0 Å². The second-order valence-corrected chi connectivity index (χ2v) is 6.38. The Morgan fingerprint density at radius 2 is 1.86 bits per heavy atom. The number of esters is 2. The van der Waals surface area contributed by atoms with Gasteiger partial charge in [-0.3, -0.25) is 9.59 Å². The van der Waals surface area contributed by atoms with Gasteiger partial charge in [-0.05, 0) is 37.5 Å². The molecule has 2 unspecified atom stereocenters. The molecular weight excluding hydrogens is 272 g/mol. The number of carbonyl (C=O) groups excluding carboxylic acids is 2. The predicted molar refractivity (Wildman–Crippen MR) is 74.3 cm³/mol. The summed E-state index contributed by atoms with van der Waals surface area (Å²) in [5, 5.41) is 0. The molecular formula is C16H22O5. The molecule has 116 valence electrons. The Labute approximate surface area is 124 Å². The lowest BCUT2D eigenvalue weighted by Crippen LogP contribution is -2.50. The van der Waals surface area contributed by atoms with E-state index in [9.17, 15) is 9.59 Å². The lowest BCUT2D eigenvalue weighted by atomic mass is 9.62. The average molecular weight is 294 g/mol. The number of ether oxygens (including phenoxy) is 3. The van der Waals surface area contributed by atoms with E-state index >= 15 is 0 Å². The van der Waals surface area contributed by atoms with Gasteiger partial charge in [0, 0.05) is 12.5 Å². The average Bonchev–Trinajstić information content (AvgIpc) is 2.68. The summed E-state index contributed by atoms with van der Waals surface area (Å²) in [6, 6.07) is 0. The van der Waals surface area contributed by atoms with Crippen molar-refractivity contribution in [2.24, 2.45) is 23.2 Å². The fraction of sp³-hybridized carbons (Fsp3) is 0.750. The standard InChI is InChI=1S/C16H22O5/c1-9-8-16(14(17)19-2,15(18)20-3)13-10-4-5-11(12(9)13)21-7-6-10/h10-13H,1,4-8H2,2-3H3/t10-,11+,12?,13?/m1/s1. The SMILES string of the molecule is C=C1CC(C(=O)OC)(C(=O)OC)C2C1[C@@H]1CC[C@@H]2CCO1. The summed E-state index contributed by atoms with van der Waals surface area (Å²) >= 11 is 0. The second kappa shape index (κ2) is 5.13. The Morgan fingerprint density at radius 1 is 1.19 bits per heavy atom. The number of hydrogen-bond acceptors (Lipinski definition) is 5. The van der Waals surface area contributed by atoms with Crippen LogP contribution in [-0.4, -0.2) is 38.9 Å². The van der Waals surface area contributed by atoms with Crippen LogP contribution >= 0.6 is 0 Å². The fourth-order valence-corrected chi connectivity index (χ4v) is 4.83. The normalized spacial score (nSPS) is 36.8. The summed E-state index contributed by atoms with van der Waals surface area (Å²) in [5.74, 6) is -0.743. The minimum Gasteiger partial charge on any atom is -0.468 e. The molecule has 0 radical (unpaired) electrons. The lowest BCUT2D eigenvalue weighted by molar-refractivity contribution is -0.176. The molecule has 0 aromatic carbocycles. The Bertz CT molecular complexity index is 463. The van der Waals surface area contributed by atoms with E-state index in [1.165, 1.54) is 14.2 Å². The summed E-state index contributed by atoms with van der Waals surface area (Å²) in [4.78, 5) is 25.0. The van der Waals surface area contributed by atoms with Gasteiger partial charge in [0.25, 0.3) is 0 Å². The first-order valence-corrected chi connectivity index (χ1v) is 7.52. The molecule has 4 aliphatic rings. The molecule has 0 N–H and O–H groups in total. The van der Waals surface area contributed by atoms with Gasteiger partial charge in [-0.1, -0.05) is 12.2 Å². The first-order chi connectivity index (χ1) is 10.1. The van der Waals surface area contributed by atoms with Crippen LogP contribution in [-0.2, 0) is 23.8 Å². The number of carbonyl (C=O) groups is 2. The summed E-state index contributed by atoms with van der Waals surface area (Å²) in [6.45, 7) is 4.82. The highest BCUT2D eigenvalue weighted by Crippen LogP contribution is 2.60. The van der Waals surface area contributed by atoms with Gasteiger partial charge in [0.1, 0.15) is 0 Å². The molecule has 2 bridgehead atoms. The largest absolute Gasteiger partial charge is 0.468 e. The van der Waals surface area contributed by atoms with Crippen molar-refractivity contribution in [3.63, 3.8) is 0 Å². The van der Waals surface area contributed by atoms with Crippen LogP contribution in [0.15, 0.2) is 12.2 Å². The van der Waals surface area contributed by atoms with Crippen LogP contribution in [0.4, 0.5) is 0 Å². The fourth-order valence-electron chi connectivity index (χ4n) is 4.83. The molecule has 2 aliphatic carbocycles. The molecule has 4 fully saturated rings. The maximum Gasteiger partial charge on any atom is 0.323 e. The van der Waals surface area contributed by atoms with Crippen molar-refractivity contribution in [3.8, 4) is 0 Å². The van der Waals surface area contributed by atoms with E-state index < -0.39 is 17.4 Å². The number of fused-ring (bicyclic) bond motifs is 3. The van der Waals surface area contributed by atoms with Crippen molar-refractivity contribution in [1.29, 1.82) is 0 Å². The molecule has 0 aromatic rings. The Hall–Kier alpha value is -1.36. The highest BCUT2D eigenvalue weighted by molar-refractivity contribution is 6.01. The number of hydrogen-bond donors (Lipinski definition) is 0. The maximum atomic E-state index is 12.5. The van der Waals surface area contributed by atoms with Crippen LogP contribution in [0.5, 0.6) is 0 Å². The van der Waals surface area contributed by atoms with E-state index in [-0.39, 0.29) is 23.9 Å². The summed E-state index contributed by atoms with van der Waals surface area (Å²) < 4.78 is 15.9. The summed E-state index contributed by atoms with van der Waals surface area (Å²) in [6.07, 6.45) is 3.22. The van der Waals surface area contributed by atoms with Gasteiger partial charge in [0.15, 0.2) is 5.41 Å². The molecule has 2 heterocycles. The van der Waals surface area contributed by atoms with Crippen LogP contribution in [0.2, 0.25) is 0 Å². The minimum atomic E-state index is -1.23. The van der Waals surface area contributed by atoms with Gasteiger partial charge in [0.05, 0.1) is 20.3 Å². The summed E-state index contributed by atoms with van der Waals surface area (Å²) in [7, 11) is 2.66. The first kappa shape index (κ1) is 14.6. The van der Waals surface area contributed by atoms with Gasteiger partial charge in [-0.25, -0.2) is 0 Å². The smallest absolute Gasteiger partial charge is 0.323 e. The van der Waals surface area contributed by atoms with Crippen molar-refractivity contribution in [2.45, 2.75) is 31.8 Å². The zero-order chi connectivity index (χ0) is 15.2. The quantitative estimate of drug-likeness (QED) is 0.441. The van der Waals surface area contributed by atoms with E-state index in [1.54, 1.807) is 0 Å². The van der Waals surface area contributed by atoms with E-state index in [1.807, 2.05) is 0 Å². The molecule has 21 heavy (non-hydrogen) atoms. The Balaban J connectivity index is 2.11. The third-order valence-corrected chi connectivity index (χ3v) is 5.58. The van der Waals surface area contributed by atoms with Gasteiger partial charge >= 0.3 is 11.9 Å².